The third-order valence-corrected chi connectivity index (χ3v) is 4.44. The zero-order valence-electron chi connectivity index (χ0n) is 11.3. The van der Waals surface area contributed by atoms with E-state index in [-0.39, 0.29) is 6.54 Å². The molecule has 1 aliphatic carbocycles. The number of aliphatic carboxylic acids is 1. The van der Waals surface area contributed by atoms with Crippen LogP contribution in [0.1, 0.15) is 31.2 Å². The molecule has 0 unspecified atom stereocenters. The number of hydrogen-bond donors (Lipinski definition) is 3. The van der Waals surface area contributed by atoms with Crippen LogP contribution < -0.4 is 10.6 Å². The topological polar surface area (TPSA) is 78.4 Å². The zero-order valence-corrected chi connectivity index (χ0v) is 12.9. The van der Waals surface area contributed by atoms with Gasteiger partial charge >= 0.3 is 12.0 Å². The summed E-state index contributed by atoms with van der Waals surface area (Å²) < 4.78 is 13.8. The summed E-state index contributed by atoms with van der Waals surface area (Å²) in [6.45, 7) is 0.111. The zero-order chi connectivity index (χ0) is 15.5. The number of carboxylic acid groups (broad SMARTS) is 1. The molecule has 0 bridgehead atoms. The predicted molar refractivity (Wildman–Crippen MR) is 78.3 cm³/mol. The van der Waals surface area contributed by atoms with Gasteiger partial charge in [0.2, 0.25) is 0 Å². The quantitative estimate of drug-likeness (QED) is 0.774. The van der Waals surface area contributed by atoms with Crippen LogP contribution in [0.4, 0.5) is 9.18 Å². The van der Waals surface area contributed by atoms with E-state index in [4.69, 9.17) is 0 Å². The number of nitrogens with one attached hydrogen (secondary N) is 2. The molecule has 0 atom stereocenters. The summed E-state index contributed by atoms with van der Waals surface area (Å²) in [6, 6.07) is 3.62. The molecule has 0 aromatic heterocycles. The number of urea groups is 1. The van der Waals surface area contributed by atoms with Crippen molar-refractivity contribution in [3.63, 3.8) is 0 Å². The van der Waals surface area contributed by atoms with Gasteiger partial charge in [-0.2, -0.15) is 0 Å². The number of halogens is 2. The monoisotopic (exact) mass is 358 g/mol. The molecule has 0 spiro atoms. The smallest absolute Gasteiger partial charge is 0.329 e. The minimum absolute atomic E-state index is 0.111. The number of amides is 2. The molecule has 1 saturated carbocycles. The molecule has 1 aromatic rings. The maximum atomic E-state index is 13.1. The fraction of sp³-hybridized carbons (Fsp3) is 0.429. The van der Waals surface area contributed by atoms with E-state index in [1.54, 1.807) is 6.07 Å². The molecule has 7 heteroatoms. The first kappa shape index (κ1) is 15.8. The van der Waals surface area contributed by atoms with Crippen LogP contribution in [0.3, 0.4) is 0 Å². The average Bonchev–Trinajstić information content (AvgIpc) is 2.89. The molecular formula is C14H16BrFN2O3. The Bertz CT molecular complexity index is 559. The number of carbonyl (C=O) groups is 2. The Hall–Kier alpha value is -1.63. The number of carboxylic acids is 1. The highest BCUT2D eigenvalue weighted by atomic mass is 79.9. The van der Waals surface area contributed by atoms with Gasteiger partial charge in [0.05, 0.1) is 0 Å². The second kappa shape index (κ2) is 6.43. The summed E-state index contributed by atoms with van der Waals surface area (Å²) in [7, 11) is 0. The summed E-state index contributed by atoms with van der Waals surface area (Å²) >= 11 is 3.27. The normalized spacial score (nSPS) is 16.5. The molecule has 114 valence electrons. The van der Waals surface area contributed by atoms with Gasteiger partial charge in [0.15, 0.2) is 0 Å². The van der Waals surface area contributed by atoms with Crippen molar-refractivity contribution in [2.24, 2.45) is 0 Å². The van der Waals surface area contributed by atoms with E-state index >= 15 is 0 Å². The van der Waals surface area contributed by atoms with Gasteiger partial charge < -0.3 is 15.7 Å². The Morgan fingerprint density at radius 1 is 1.33 bits per heavy atom. The Morgan fingerprint density at radius 2 is 2.00 bits per heavy atom. The van der Waals surface area contributed by atoms with Crippen molar-refractivity contribution in [2.75, 3.05) is 0 Å². The van der Waals surface area contributed by atoms with Gasteiger partial charge in [-0.3, -0.25) is 0 Å². The van der Waals surface area contributed by atoms with Crippen molar-refractivity contribution < 1.29 is 19.1 Å². The first-order valence-electron chi connectivity index (χ1n) is 6.66. The molecule has 0 aliphatic heterocycles. The molecule has 2 rings (SSSR count). The number of hydrogen-bond acceptors (Lipinski definition) is 2. The van der Waals surface area contributed by atoms with Crippen molar-refractivity contribution >= 4 is 27.9 Å². The van der Waals surface area contributed by atoms with Crippen molar-refractivity contribution in [1.29, 1.82) is 0 Å². The van der Waals surface area contributed by atoms with Crippen LogP contribution in [0.2, 0.25) is 0 Å². The Labute approximate surface area is 130 Å². The molecule has 2 amide bonds. The number of rotatable bonds is 4. The maximum absolute atomic E-state index is 13.1. The highest BCUT2D eigenvalue weighted by Gasteiger charge is 2.42. The van der Waals surface area contributed by atoms with Gasteiger partial charge in [-0.25, -0.2) is 14.0 Å². The molecule has 3 N–H and O–H groups in total. The number of carbonyl (C=O) groups excluding carboxylic acids is 1. The van der Waals surface area contributed by atoms with Crippen LogP contribution in [0.15, 0.2) is 22.7 Å². The Balaban J connectivity index is 1.96. The third kappa shape index (κ3) is 3.72. The molecule has 5 nitrogen and oxygen atoms in total. The Kier molecular flexibility index (Phi) is 4.82. The van der Waals surface area contributed by atoms with Crippen LogP contribution in [-0.4, -0.2) is 22.6 Å². The summed E-state index contributed by atoms with van der Waals surface area (Å²) in [6.07, 6.45) is 2.42. The van der Waals surface area contributed by atoms with E-state index in [0.29, 0.717) is 22.9 Å². The van der Waals surface area contributed by atoms with Crippen molar-refractivity contribution in [3.8, 4) is 0 Å². The lowest BCUT2D eigenvalue weighted by Gasteiger charge is -2.25. The van der Waals surface area contributed by atoms with Gasteiger partial charge in [-0.05, 0) is 36.6 Å². The molecule has 0 saturated heterocycles. The standard InChI is InChI=1S/C14H16BrFN2O3/c15-11-4-3-10(16)7-9(11)8-17-13(21)18-14(12(19)20)5-1-2-6-14/h3-4,7H,1-2,5-6,8H2,(H,19,20)(H2,17,18,21). The average molecular weight is 359 g/mol. The van der Waals surface area contributed by atoms with E-state index in [1.165, 1.54) is 12.1 Å². The molecule has 1 aromatic carbocycles. The van der Waals surface area contributed by atoms with Crippen LogP contribution in [0, 0.1) is 5.82 Å². The van der Waals surface area contributed by atoms with Crippen molar-refractivity contribution in [3.05, 3.63) is 34.1 Å². The second-order valence-corrected chi connectivity index (χ2v) is 5.99. The minimum atomic E-state index is -1.18. The Morgan fingerprint density at radius 3 is 2.62 bits per heavy atom. The van der Waals surface area contributed by atoms with E-state index in [9.17, 15) is 19.1 Å². The molecule has 0 heterocycles. The first-order chi connectivity index (χ1) is 9.93. The fourth-order valence-electron chi connectivity index (χ4n) is 2.49. The maximum Gasteiger partial charge on any atom is 0.329 e. The van der Waals surface area contributed by atoms with Crippen LogP contribution in [0.25, 0.3) is 0 Å². The lowest BCUT2D eigenvalue weighted by atomic mass is 9.98. The van der Waals surface area contributed by atoms with Gasteiger partial charge in [0.25, 0.3) is 0 Å². The van der Waals surface area contributed by atoms with E-state index < -0.39 is 23.4 Å². The van der Waals surface area contributed by atoms with E-state index in [0.717, 1.165) is 12.8 Å². The first-order valence-corrected chi connectivity index (χ1v) is 7.46. The van der Waals surface area contributed by atoms with Gasteiger partial charge in [-0.1, -0.05) is 28.8 Å². The predicted octanol–water partition coefficient (Wildman–Crippen LogP) is 2.78. The highest BCUT2D eigenvalue weighted by Crippen LogP contribution is 2.29. The molecule has 0 radical (unpaired) electrons. The van der Waals surface area contributed by atoms with Crippen LogP contribution >= 0.6 is 15.9 Å². The van der Waals surface area contributed by atoms with E-state index in [2.05, 4.69) is 26.6 Å². The summed E-state index contributed by atoms with van der Waals surface area (Å²) in [5.41, 5.74) is -0.593. The van der Waals surface area contributed by atoms with Gasteiger partial charge in [0.1, 0.15) is 11.4 Å². The fourth-order valence-corrected chi connectivity index (χ4v) is 2.87. The lowest BCUT2D eigenvalue weighted by molar-refractivity contribution is -0.144. The minimum Gasteiger partial charge on any atom is -0.480 e. The summed E-state index contributed by atoms with van der Waals surface area (Å²) in [5, 5.41) is 14.4. The molecule has 21 heavy (non-hydrogen) atoms. The molecular weight excluding hydrogens is 343 g/mol. The second-order valence-electron chi connectivity index (χ2n) is 5.14. The van der Waals surface area contributed by atoms with Crippen molar-refractivity contribution in [2.45, 2.75) is 37.8 Å². The van der Waals surface area contributed by atoms with Crippen molar-refractivity contribution in [1.82, 2.24) is 10.6 Å². The summed E-state index contributed by atoms with van der Waals surface area (Å²) in [4.78, 5) is 23.2. The summed E-state index contributed by atoms with van der Waals surface area (Å²) in [5.74, 6) is -1.41. The van der Waals surface area contributed by atoms with Gasteiger partial charge in [0, 0.05) is 11.0 Å². The number of benzene rings is 1. The van der Waals surface area contributed by atoms with Crippen LogP contribution in [-0.2, 0) is 11.3 Å². The van der Waals surface area contributed by atoms with E-state index in [1.807, 2.05) is 0 Å². The SMILES string of the molecule is O=C(NCc1cc(F)ccc1Br)NC1(C(=O)O)CCCC1. The van der Waals surface area contributed by atoms with Gasteiger partial charge in [-0.15, -0.1) is 0 Å². The van der Waals surface area contributed by atoms with Crippen LogP contribution in [0.5, 0.6) is 0 Å². The third-order valence-electron chi connectivity index (χ3n) is 3.67. The highest BCUT2D eigenvalue weighted by molar-refractivity contribution is 9.10. The lowest BCUT2D eigenvalue weighted by Crippen LogP contribution is -2.55. The molecule has 1 aliphatic rings. The molecule has 1 fully saturated rings. The largest absolute Gasteiger partial charge is 0.480 e.